The summed E-state index contributed by atoms with van der Waals surface area (Å²) in [4.78, 5) is 12.0. The Balaban J connectivity index is 3.54. The maximum Gasteiger partial charge on any atom is 0.256 e. The van der Waals surface area contributed by atoms with Gasteiger partial charge in [0, 0.05) is 20.2 Å². The molecule has 124 valence electrons. The Kier molecular flexibility index (Phi) is 14.3. The number of carbonyl (C=O) groups is 1. The number of ether oxygens (including phenoxy) is 4. The number of alkyl halides is 2. The van der Waals surface area contributed by atoms with Crippen LogP contribution >= 0.6 is 23.2 Å². The van der Waals surface area contributed by atoms with Crippen molar-refractivity contribution in [2.75, 3.05) is 60.0 Å². The average molecular weight is 344 g/mol. The van der Waals surface area contributed by atoms with Crippen molar-refractivity contribution in [2.24, 2.45) is 0 Å². The van der Waals surface area contributed by atoms with Crippen LogP contribution in [-0.4, -0.2) is 75.7 Å². The topological polar surface area (TPSA) is 57.2 Å². The van der Waals surface area contributed by atoms with E-state index in [0.717, 1.165) is 0 Å². The van der Waals surface area contributed by atoms with Gasteiger partial charge in [0.05, 0.1) is 33.0 Å². The zero-order valence-electron chi connectivity index (χ0n) is 12.3. The van der Waals surface area contributed by atoms with Crippen molar-refractivity contribution in [3.8, 4) is 0 Å². The van der Waals surface area contributed by atoms with E-state index in [0.29, 0.717) is 46.1 Å². The van der Waals surface area contributed by atoms with Crippen LogP contribution in [0.2, 0.25) is 0 Å². The van der Waals surface area contributed by atoms with Crippen molar-refractivity contribution in [2.45, 2.75) is 4.84 Å². The Morgan fingerprint density at radius 2 is 1.76 bits per heavy atom. The predicted molar refractivity (Wildman–Crippen MR) is 81.7 cm³/mol. The SMILES string of the molecule is C=CCN(CCOCCOCOCCOC)C(=O)C(Cl)Cl. The minimum Gasteiger partial charge on any atom is -0.382 e. The fraction of sp³-hybridized carbons (Fsp3) is 0.769. The molecular weight excluding hydrogens is 321 g/mol. The first-order valence-electron chi connectivity index (χ1n) is 6.53. The van der Waals surface area contributed by atoms with E-state index in [2.05, 4.69) is 6.58 Å². The second kappa shape index (κ2) is 14.6. The predicted octanol–water partition coefficient (Wildman–Crippen LogP) is 1.46. The van der Waals surface area contributed by atoms with Crippen molar-refractivity contribution in [1.82, 2.24) is 4.90 Å². The summed E-state index contributed by atoms with van der Waals surface area (Å²) in [6, 6.07) is 0. The highest BCUT2D eigenvalue weighted by atomic mass is 35.5. The second-order valence-corrected chi connectivity index (χ2v) is 5.01. The van der Waals surface area contributed by atoms with Crippen molar-refractivity contribution in [3.05, 3.63) is 12.7 Å². The van der Waals surface area contributed by atoms with Crippen LogP contribution < -0.4 is 0 Å². The lowest BCUT2D eigenvalue weighted by Crippen LogP contribution is -2.37. The van der Waals surface area contributed by atoms with Crippen LogP contribution in [0.1, 0.15) is 0 Å². The average Bonchev–Trinajstić information content (AvgIpc) is 2.47. The Morgan fingerprint density at radius 1 is 1.14 bits per heavy atom. The van der Waals surface area contributed by atoms with Crippen molar-refractivity contribution in [1.29, 1.82) is 0 Å². The number of hydrogen-bond acceptors (Lipinski definition) is 5. The van der Waals surface area contributed by atoms with Crippen LogP contribution in [0.4, 0.5) is 0 Å². The smallest absolute Gasteiger partial charge is 0.256 e. The lowest BCUT2D eigenvalue weighted by atomic mass is 10.4. The molecule has 21 heavy (non-hydrogen) atoms. The first-order chi connectivity index (χ1) is 10.1. The lowest BCUT2D eigenvalue weighted by molar-refractivity contribution is -0.129. The van der Waals surface area contributed by atoms with Gasteiger partial charge in [-0.1, -0.05) is 29.3 Å². The molecule has 0 aliphatic heterocycles. The molecule has 0 fully saturated rings. The first-order valence-corrected chi connectivity index (χ1v) is 7.40. The molecule has 0 radical (unpaired) electrons. The normalized spacial score (nSPS) is 10.9. The number of carbonyl (C=O) groups excluding carboxylic acids is 1. The van der Waals surface area contributed by atoms with E-state index in [1.165, 1.54) is 4.90 Å². The molecule has 0 saturated carbocycles. The van der Waals surface area contributed by atoms with Crippen molar-refractivity contribution in [3.63, 3.8) is 0 Å². The number of hydrogen-bond donors (Lipinski definition) is 0. The Morgan fingerprint density at radius 3 is 2.33 bits per heavy atom. The minimum atomic E-state index is -1.07. The summed E-state index contributed by atoms with van der Waals surface area (Å²) in [7, 11) is 1.61. The van der Waals surface area contributed by atoms with Gasteiger partial charge in [0.25, 0.3) is 5.91 Å². The molecular formula is C13H23Cl2NO5. The molecule has 0 unspecified atom stereocenters. The number of amides is 1. The van der Waals surface area contributed by atoms with E-state index < -0.39 is 4.84 Å². The highest BCUT2D eigenvalue weighted by Crippen LogP contribution is 2.06. The van der Waals surface area contributed by atoms with Crippen LogP contribution in [0.15, 0.2) is 12.7 Å². The van der Waals surface area contributed by atoms with E-state index in [1.54, 1.807) is 13.2 Å². The van der Waals surface area contributed by atoms with E-state index in [4.69, 9.17) is 42.1 Å². The van der Waals surface area contributed by atoms with Gasteiger partial charge in [-0.25, -0.2) is 0 Å². The quantitative estimate of drug-likeness (QED) is 0.207. The molecule has 0 spiro atoms. The van der Waals surface area contributed by atoms with E-state index >= 15 is 0 Å². The fourth-order valence-corrected chi connectivity index (χ4v) is 1.58. The van der Waals surface area contributed by atoms with Gasteiger partial charge in [0.15, 0.2) is 4.84 Å². The minimum absolute atomic E-state index is 0.202. The molecule has 0 aliphatic rings. The number of methoxy groups -OCH3 is 1. The van der Waals surface area contributed by atoms with Gasteiger partial charge in [0.1, 0.15) is 6.79 Å². The summed E-state index contributed by atoms with van der Waals surface area (Å²) >= 11 is 11.1. The summed E-state index contributed by atoms with van der Waals surface area (Å²) in [5, 5.41) is 0. The van der Waals surface area contributed by atoms with E-state index in [9.17, 15) is 4.79 Å². The van der Waals surface area contributed by atoms with Gasteiger partial charge in [0.2, 0.25) is 0 Å². The summed E-state index contributed by atoms with van der Waals surface area (Å²) in [6.45, 7) is 6.78. The van der Waals surface area contributed by atoms with Gasteiger partial charge < -0.3 is 23.8 Å². The third-order valence-corrected chi connectivity index (χ3v) is 2.70. The van der Waals surface area contributed by atoms with Crippen LogP contribution in [-0.2, 0) is 23.7 Å². The fourth-order valence-electron chi connectivity index (χ4n) is 1.30. The van der Waals surface area contributed by atoms with Crippen molar-refractivity contribution < 1.29 is 23.7 Å². The zero-order chi connectivity index (χ0) is 15.9. The van der Waals surface area contributed by atoms with Crippen LogP contribution in [0.5, 0.6) is 0 Å². The summed E-state index contributed by atoms with van der Waals surface area (Å²) < 4.78 is 20.5. The second-order valence-electron chi connectivity index (χ2n) is 3.91. The summed E-state index contributed by atoms with van der Waals surface area (Å²) in [6.07, 6.45) is 1.61. The number of nitrogens with zero attached hydrogens (tertiary/aromatic N) is 1. The number of halogens is 2. The summed E-state index contributed by atoms with van der Waals surface area (Å²) in [5.74, 6) is -0.357. The van der Waals surface area contributed by atoms with E-state index in [1.807, 2.05) is 0 Å². The monoisotopic (exact) mass is 343 g/mol. The molecule has 0 aromatic rings. The summed E-state index contributed by atoms with van der Waals surface area (Å²) in [5.41, 5.74) is 0. The molecule has 0 atom stereocenters. The van der Waals surface area contributed by atoms with Crippen LogP contribution in [0, 0.1) is 0 Å². The third kappa shape index (κ3) is 11.9. The highest BCUT2D eigenvalue weighted by Gasteiger charge is 2.18. The zero-order valence-corrected chi connectivity index (χ0v) is 13.8. The maximum atomic E-state index is 11.6. The van der Waals surface area contributed by atoms with Crippen LogP contribution in [0.25, 0.3) is 0 Å². The largest absolute Gasteiger partial charge is 0.382 e. The molecule has 0 aliphatic carbocycles. The Bertz CT molecular complexity index is 279. The highest BCUT2D eigenvalue weighted by molar-refractivity contribution is 6.53. The molecule has 0 heterocycles. The van der Waals surface area contributed by atoms with Crippen LogP contribution in [0.3, 0.4) is 0 Å². The first kappa shape index (κ1) is 20.6. The lowest BCUT2D eigenvalue weighted by Gasteiger charge is -2.21. The molecule has 0 rings (SSSR count). The third-order valence-electron chi connectivity index (χ3n) is 2.32. The standard InChI is InChI=1S/C13H23Cl2NO5/c1-3-4-16(13(17)12(14)15)5-6-19-9-10-21-11-20-8-7-18-2/h3,12H,1,4-11H2,2H3. The van der Waals surface area contributed by atoms with Crippen molar-refractivity contribution >= 4 is 29.1 Å². The van der Waals surface area contributed by atoms with Gasteiger partial charge in [-0.15, -0.1) is 6.58 Å². The molecule has 0 N–H and O–H groups in total. The van der Waals surface area contributed by atoms with E-state index in [-0.39, 0.29) is 12.7 Å². The molecule has 0 saturated heterocycles. The Labute approximate surface area is 135 Å². The maximum absolute atomic E-state index is 11.6. The van der Waals surface area contributed by atoms with Gasteiger partial charge in [-0.2, -0.15) is 0 Å². The van der Waals surface area contributed by atoms with Gasteiger partial charge >= 0.3 is 0 Å². The Hall–Kier alpha value is -0.370. The molecule has 0 bridgehead atoms. The molecule has 0 aromatic carbocycles. The molecule has 8 heteroatoms. The van der Waals surface area contributed by atoms with Gasteiger partial charge in [-0.05, 0) is 0 Å². The molecule has 1 amide bonds. The molecule has 6 nitrogen and oxygen atoms in total. The van der Waals surface area contributed by atoms with Gasteiger partial charge in [-0.3, -0.25) is 4.79 Å². The number of rotatable bonds is 14. The molecule has 0 aromatic heterocycles.